The Morgan fingerprint density at radius 3 is 2.28 bits per heavy atom. The van der Waals surface area contributed by atoms with Gasteiger partial charge in [0.15, 0.2) is 5.65 Å². The lowest BCUT2D eigenvalue weighted by Gasteiger charge is -2.19. The Hall–Kier alpha value is -2.77. The molecule has 0 aliphatic carbocycles. The normalized spacial score (nSPS) is 12.4. The summed E-state index contributed by atoms with van der Waals surface area (Å²) >= 11 is 0. The third-order valence-corrected chi connectivity index (χ3v) is 3.84. The van der Waals surface area contributed by atoms with Crippen molar-refractivity contribution in [1.82, 2.24) is 15.0 Å². The Kier molecular flexibility index (Phi) is 4.52. The molecule has 1 N–H and O–H groups in total. The first kappa shape index (κ1) is 17.1. The van der Waals surface area contributed by atoms with E-state index in [1.54, 1.807) is 0 Å². The van der Waals surface area contributed by atoms with Crippen molar-refractivity contribution in [3.8, 4) is 11.1 Å². The Morgan fingerprint density at radius 1 is 1.00 bits per heavy atom. The van der Waals surface area contributed by atoms with Crippen molar-refractivity contribution in [3.05, 3.63) is 47.9 Å². The summed E-state index contributed by atoms with van der Waals surface area (Å²) in [6, 6.07) is 0.842. The van der Waals surface area contributed by atoms with E-state index >= 15 is 0 Å². The van der Waals surface area contributed by atoms with Crippen LogP contribution < -0.4 is 5.32 Å². The van der Waals surface area contributed by atoms with Crippen LogP contribution in [0, 0.1) is 23.4 Å². The quantitative estimate of drug-likeness (QED) is 0.558. The average Bonchev–Trinajstić information content (AvgIpc) is 2.56. The zero-order valence-electron chi connectivity index (χ0n) is 13.4. The molecule has 0 saturated heterocycles. The highest BCUT2D eigenvalue weighted by Crippen LogP contribution is 2.38. The molecular weight excluding hydrogens is 336 g/mol. The van der Waals surface area contributed by atoms with Crippen LogP contribution in [0.4, 0.5) is 23.2 Å². The molecule has 2 heterocycles. The molecule has 0 amide bonds. The van der Waals surface area contributed by atoms with Gasteiger partial charge in [-0.3, -0.25) is 0 Å². The van der Waals surface area contributed by atoms with Gasteiger partial charge in [0.1, 0.15) is 23.0 Å². The van der Waals surface area contributed by atoms with E-state index in [4.69, 9.17) is 0 Å². The van der Waals surface area contributed by atoms with Crippen LogP contribution in [0.25, 0.3) is 22.3 Å². The first-order valence-corrected chi connectivity index (χ1v) is 7.64. The molecule has 0 spiro atoms. The molecule has 25 heavy (non-hydrogen) atoms. The van der Waals surface area contributed by atoms with Gasteiger partial charge in [0.25, 0.3) is 0 Å². The molecule has 130 valence electrons. The topological polar surface area (TPSA) is 50.7 Å². The minimum Gasteiger partial charge on any atom is -0.380 e. The highest BCUT2D eigenvalue weighted by Gasteiger charge is 2.25. The van der Waals surface area contributed by atoms with Gasteiger partial charge in [-0.15, -0.1) is 0 Å². The molecule has 0 fully saturated rings. The monoisotopic (exact) mass is 350 g/mol. The smallest absolute Gasteiger partial charge is 0.225 e. The second-order valence-electron chi connectivity index (χ2n) is 5.58. The molecule has 8 heteroatoms. The Balaban J connectivity index is 2.38. The van der Waals surface area contributed by atoms with E-state index in [9.17, 15) is 17.6 Å². The lowest BCUT2D eigenvalue weighted by molar-refractivity contribution is 0.542. The van der Waals surface area contributed by atoms with Crippen molar-refractivity contribution in [2.24, 2.45) is 0 Å². The van der Waals surface area contributed by atoms with E-state index in [1.165, 1.54) is 12.4 Å². The Bertz CT molecular complexity index is 922. The van der Waals surface area contributed by atoms with Crippen LogP contribution in [-0.4, -0.2) is 21.0 Å². The maximum atomic E-state index is 14.6. The number of hydrogen-bond acceptors (Lipinski definition) is 4. The largest absolute Gasteiger partial charge is 0.380 e. The minimum atomic E-state index is -1.23. The van der Waals surface area contributed by atoms with E-state index in [0.717, 1.165) is 0 Å². The highest BCUT2D eigenvalue weighted by atomic mass is 19.1. The van der Waals surface area contributed by atoms with Gasteiger partial charge in [-0.2, -0.15) is 9.37 Å². The first-order valence-electron chi connectivity index (χ1n) is 7.64. The average molecular weight is 350 g/mol. The maximum absolute atomic E-state index is 14.6. The Labute approximate surface area is 141 Å². The third kappa shape index (κ3) is 3.11. The molecule has 0 aliphatic rings. The van der Waals surface area contributed by atoms with Crippen LogP contribution in [0.1, 0.15) is 20.3 Å². The van der Waals surface area contributed by atoms with Crippen LogP contribution in [0.5, 0.6) is 0 Å². The van der Waals surface area contributed by atoms with Gasteiger partial charge in [-0.1, -0.05) is 6.92 Å². The van der Waals surface area contributed by atoms with E-state index in [1.807, 2.05) is 13.8 Å². The number of pyridine rings is 1. The lowest BCUT2D eigenvalue weighted by Crippen LogP contribution is -2.16. The summed E-state index contributed by atoms with van der Waals surface area (Å²) in [5, 5.41) is 3.00. The number of nitrogens with one attached hydrogen (secondary N) is 1. The van der Waals surface area contributed by atoms with E-state index < -0.39 is 34.5 Å². The van der Waals surface area contributed by atoms with Crippen molar-refractivity contribution in [3.63, 3.8) is 0 Å². The predicted molar refractivity (Wildman–Crippen MR) is 86.0 cm³/mol. The molecule has 0 bridgehead atoms. The number of anilines is 1. The highest BCUT2D eigenvalue weighted by molar-refractivity contribution is 5.95. The fraction of sp³-hybridized carbons (Fsp3) is 0.235. The summed E-state index contributed by atoms with van der Waals surface area (Å²) in [5.74, 6) is -4.67. The van der Waals surface area contributed by atoms with Crippen molar-refractivity contribution in [2.75, 3.05) is 5.32 Å². The molecule has 0 radical (unpaired) electrons. The minimum absolute atomic E-state index is 0.00233. The summed E-state index contributed by atoms with van der Waals surface area (Å²) in [4.78, 5) is 11.7. The van der Waals surface area contributed by atoms with Gasteiger partial charge < -0.3 is 5.32 Å². The van der Waals surface area contributed by atoms with Gasteiger partial charge in [0.05, 0.1) is 16.8 Å². The summed E-state index contributed by atoms with van der Waals surface area (Å²) in [7, 11) is 0. The molecule has 0 aliphatic heterocycles. The van der Waals surface area contributed by atoms with Crippen LogP contribution in [-0.2, 0) is 0 Å². The summed E-state index contributed by atoms with van der Waals surface area (Å²) in [6.45, 7) is 3.71. The SMILES string of the molecule is CCC(C)Nc1c(-c2c(F)cc(F)cc2F)c(F)nc2nccnc12. The number of hydrogen-bond donors (Lipinski definition) is 1. The van der Waals surface area contributed by atoms with Gasteiger partial charge in [-0.25, -0.2) is 23.1 Å². The molecule has 3 aromatic rings. The predicted octanol–water partition coefficient (Wildman–Crippen LogP) is 4.46. The molecule has 1 unspecified atom stereocenters. The summed E-state index contributed by atoms with van der Waals surface area (Å²) in [6.07, 6.45) is 3.37. The van der Waals surface area contributed by atoms with E-state index in [2.05, 4.69) is 20.3 Å². The van der Waals surface area contributed by atoms with E-state index in [-0.39, 0.29) is 22.9 Å². The van der Waals surface area contributed by atoms with Crippen LogP contribution in [0.2, 0.25) is 0 Å². The van der Waals surface area contributed by atoms with Gasteiger partial charge in [0.2, 0.25) is 5.95 Å². The fourth-order valence-corrected chi connectivity index (χ4v) is 2.46. The molecule has 2 aromatic heterocycles. The van der Waals surface area contributed by atoms with Crippen molar-refractivity contribution >= 4 is 16.9 Å². The maximum Gasteiger partial charge on any atom is 0.225 e. The number of fused-ring (bicyclic) bond motifs is 1. The van der Waals surface area contributed by atoms with Crippen LogP contribution in [0.15, 0.2) is 24.5 Å². The van der Waals surface area contributed by atoms with Crippen molar-refractivity contribution < 1.29 is 17.6 Å². The van der Waals surface area contributed by atoms with Gasteiger partial charge >= 0.3 is 0 Å². The van der Waals surface area contributed by atoms with Gasteiger partial charge in [0, 0.05) is 30.6 Å². The standard InChI is InChI=1S/C17H14F4N4/c1-3-8(2)24-14-13(12-10(19)6-9(18)7-11(12)20)16(21)25-17-15(14)22-4-5-23-17/h4-8H,3H2,1-2H3,(H,23,24,25). The molecule has 3 rings (SSSR count). The lowest BCUT2D eigenvalue weighted by atomic mass is 10.0. The summed E-state index contributed by atoms with van der Waals surface area (Å²) in [5.41, 5.74) is -0.915. The first-order chi connectivity index (χ1) is 11.9. The molecule has 1 aromatic carbocycles. The van der Waals surface area contributed by atoms with Crippen LogP contribution >= 0.6 is 0 Å². The molecule has 0 saturated carbocycles. The number of aromatic nitrogens is 3. The zero-order valence-corrected chi connectivity index (χ0v) is 13.4. The van der Waals surface area contributed by atoms with Crippen molar-refractivity contribution in [1.29, 1.82) is 0 Å². The van der Waals surface area contributed by atoms with E-state index in [0.29, 0.717) is 18.6 Å². The second kappa shape index (κ2) is 6.62. The Morgan fingerprint density at radius 2 is 1.64 bits per heavy atom. The number of rotatable bonds is 4. The zero-order chi connectivity index (χ0) is 18.1. The van der Waals surface area contributed by atoms with Crippen molar-refractivity contribution in [2.45, 2.75) is 26.3 Å². The van der Waals surface area contributed by atoms with Crippen LogP contribution in [0.3, 0.4) is 0 Å². The molecule has 4 nitrogen and oxygen atoms in total. The molecular formula is C17H14F4N4. The molecule has 1 atom stereocenters. The third-order valence-electron chi connectivity index (χ3n) is 3.84. The number of benzene rings is 1. The second-order valence-corrected chi connectivity index (χ2v) is 5.58. The summed E-state index contributed by atoms with van der Waals surface area (Å²) < 4.78 is 56.3. The van der Waals surface area contributed by atoms with Gasteiger partial charge in [-0.05, 0) is 13.3 Å². The fourth-order valence-electron chi connectivity index (χ4n) is 2.46. The number of halogens is 4. The number of nitrogens with zero attached hydrogens (tertiary/aromatic N) is 3.